The first-order chi connectivity index (χ1) is 12.4. The number of halogens is 6. The SMILES string of the molecule is CC(C(F)(F)F)S(=O)(=O)OCCCOS(=O)(=O)C(C)C(F)(F)F.OCCCO. The Morgan fingerprint density at radius 2 is 1.00 bits per heavy atom. The summed E-state index contributed by atoms with van der Waals surface area (Å²) in [6.45, 7) is -0.868. The number of aliphatic hydroxyl groups excluding tert-OH is 2. The smallest absolute Gasteiger partial charge is 0.396 e. The third-order valence-corrected chi connectivity index (χ3v) is 6.15. The second-order valence-corrected chi connectivity index (χ2v) is 9.01. The van der Waals surface area contributed by atoms with Crippen molar-refractivity contribution in [3.8, 4) is 0 Å². The topological polar surface area (TPSA) is 127 Å². The number of hydrogen-bond donors (Lipinski definition) is 2. The predicted molar refractivity (Wildman–Crippen MR) is 84.2 cm³/mol. The van der Waals surface area contributed by atoms with Gasteiger partial charge < -0.3 is 10.2 Å². The molecule has 0 bridgehead atoms. The molecule has 0 rings (SSSR count). The fourth-order valence-corrected chi connectivity index (χ4v) is 2.77. The van der Waals surface area contributed by atoms with Gasteiger partial charge in [-0.25, -0.2) is 0 Å². The van der Waals surface area contributed by atoms with Crippen LogP contribution in [0.15, 0.2) is 0 Å². The van der Waals surface area contributed by atoms with Gasteiger partial charge in [0.2, 0.25) is 0 Å². The number of aliphatic hydroxyl groups is 2. The highest BCUT2D eigenvalue weighted by Crippen LogP contribution is 2.27. The van der Waals surface area contributed by atoms with Crippen molar-refractivity contribution in [1.82, 2.24) is 0 Å². The van der Waals surface area contributed by atoms with Gasteiger partial charge in [0.15, 0.2) is 10.5 Å². The summed E-state index contributed by atoms with van der Waals surface area (Å²) in [5.41, 5.74) is 0. The monoisotopic (exact) mass is 472 g/mol. The molecule has 0 spiro atoms. The molecule has 16 heteroatoms. The van der Waals surface area contributed by atoms with Gasteiger partial charge in [0, 0.05) is 13.2 Å². The van der Waals surface area contributed by atoms with E-state index in [2.05, 4.69) is 8.37 Å². The Bertz CT molecular complexity index is 575. The van der Waals surface area contributed by atoms with Crippen molar-refractivity contribution in [3.63, 3.8) is 0 Å². The van der Waals surface area contributed by atoms with E-state index < -0.39 is 62.7 Å². The van der Waals surface area contributed by atoms with Crippen molar-refractivity contribution in [2.75, 3.05) is 26.4 Å². The lowest BCUT2D eigenvalue weighted by Gasteiger charge is -2.17. The van der Waals surface area contributed by atoms with Crippen molar-refractivity contribution in [3.05, 3.63) is 0 Å². The number of rotatable bonds is 10. The van der Waals surface area contributed by atoms with E-state index in [-0.39, 0.29) is 13.2 Å². The quantitative estimate of drug-likeness (QED) is 0.277. The molecule has 0 saturated heterocycles. The molecule has 8 nitrogen and oxygen atoms in total. The second kappa shape index (κ2) is 12.1. The van der Waals surface area contributed by atoms with Crippen molar-refractivity contribution in [1.29, 1.82) is 0 Å². The molecular formula is C12H22F6O8S2. The lowest BCUT2D eigenvalue weighted by Crippen LogP contribution is -2.36. The second-order valence-electron chi connectivity index (χ2n) is 5.15. The largest absolute Gasteiger partial charge is 0.407 e. The Hall–Kier alpha value is -0.680. The van der Waals surface area contributed by atoms with Gasteiger partial charge in [-0.2, -0.15) is 43.2 Å². The van der Waals surface area contributed by atoms with E-state index in [1.807, 2.05) is 0 Å². The standard InChI is InChI=1S/C9H14F6O6S2.C3H8O2/c1-6(8(10,11)12)22(16,17)20-4-3-5-21-23(18,19)7(2)9(13,14)15;4-2-1-3-5/h6-7H,3-5H2,1-2H3;4-5H,1-3H2. The summed E-state index contributed by atoms with van der Waals surface area (Å²) in [4.78, 5) is 0. The normalized spacial score (nSPS) is 15.5. The average molecular weight is 472 g/mol. The summed E-state index contributed by atoms with van der Waals surface area (Å²) in [6, 6.07) is 0. The lowest BCUT2D eigenvalue weighted by atomic mass is 10.5. The van der Waals surface area contributed by atoms with Crippen molar-refractivity contribution < 1.29 is 61.8 Å². The van der Waals surface area contributed by atoms with E-state index in [0.29, 0.717) is 20.3 Å². The van der Waals surface area contributed by atoms with Crippen LogP contribution < -0.4 is 0 Å². The van der Waals surface area contributed by atoms with Gasteiger partial charge in [-0.1, -0.05) is 0 Å². The molecule has 28 heavy (non-hydrogen) atoms. The van der Waals surface area contributed by atoms with Crippen LogP contribution in [0.3, 0.4) is 0 Å². The Balaban J connectivity index is 0. The fourth-order valence-electron chi connectivity index (χ4n) is 1.01. The Labute approximate surface area is 158 Å². The van der Waals surface area contributed by atoms with Gasteiger partial charge in [-0.15, -0.1) is 0 Å². The predicted octanol–water partition coefficient (Wildman–Crippen LogP) is 1.33. The average Bonchev–Trinajstić information content (AvgIpc) is 2.52. The maximum absolute atomic E-state index is 12.2. The van der Waals surface area contributed by atoms with E-state index in [1.54, 1.807) is 0 Å². The summed E-state index contributed by atoms with van der Waals surface area (Å²) in [7, 11) is -9.97. The highest BCUT2D eigenvalue weighted by molar-refractivity contribution is 7.87. The molecule has 0 aromatic heterocycles. The molecule has 0 aromatic carbocycles. The van der Waals surface area contributed by atoms with Crippen LogP contribution in [-0.4, -0.2) is 76.3 Å². The zero-order valence-electron chi connectivity index (χ0n) is 14.8. The van der Waals surface area contributed by atoms with E-state index in [0.717, 1.165) is 0 Å². The minimum Gasteiger partial charge on any atom is -0.396 e. The molecule has 2 N–H and O–H groups in total. The maximum Gasteiger partial charge on any atom is 0.407 e. The van der Waals surface area contributed by atoms with Crippen LogP contribution in [-0.2, 0) is 28.6 Å². The van der Waals surface area contributed by atoms with Gasteiger partial charge >= 0.3 is 12.4 Å². The van der Waals surface area contributed by atoms with Gasteiger partial charge in [0.1, 0.15) is 0 Å². The van der Waals surface area contributed by atoms with Crippen LogP contribution >= 0.6 is 0 Å². The number of alkyl halides is 6. The van der Waals surface area contributed by atoms with Crippen LogP contribution in [0.1, 0.15) is 26.7 Å². The minimum atomic E-state index is -5.05. The van der Waals surface area contributed by atoms with Gasteiger partial charge in [0.05, 0.1) is 13.2 Å². The van der Waals surface area contributed by atoms with Crippen molar-refractivity contribution in [2.45, 2.75) is 49.5 Å². The molecule has 0 amide bonds. The Morgan fingerprint density at radius 3 is 1.18 bits per heavy atom. The molecular weight excluding hydrogens is 450 g/mol. The van der Waals surface area contributed by atoms with E-state index in [4.69, 9.17) is 10.2 Å². The van der Waals surface area contributed by atoms with Crippen LogP contribution in [0.2, 0.25) is 0 Å². The molecule has 172 valence electrons. The molecule has 0 aromatic rings. The van der Waals surface area contributed by atoms with Gasteiger partial charge in [-0.3, -0.25) is 8.37 Å². The first-order valence-electron chi connectivity index (χ1n) is 7.55. The summed E-state index contributed by atoms with van der Waals surface area (Å²) in [6.07, 6.45) is -10.2. The Kier molecular flexibility index (Phi) is 12.8. The summed E-state index contributed by atoms with van der Waals surface area (Å²) >= 11 is 0. The summed E-state index contributed by atoms with van der Waals surface area (Å²) in [5.74, 6) is 0. The number of hydrogen-bond acceptors (Lipinski definition) is 8. The third kappa shape index (κ3) is 12.0. The van der Waals surface area contributed by atoms with Crippen molar-refractivity contribution in [2.24, 2.45) is 0 Å². The highest BCUT2D eigenvalue weighted by atomic mass is 32.2. The first-order valence-corrected chi connectivity index (χ1v) is 10.5. The van der Waals surface area contributed by atoms with Crippen LogP contribution in [0.25, 0.3) is 0 Å². The first kappa shape index (κ1) is 29.5. The minimum absolute atomic E-state index is 0.0938. The highest BCUT2D eigenvalue weighted by Gasteiger charge is 2.47. The van der Waals surface area contributed by atoms with Gasteiger partial charge in [-0.05, 0) is 26.7 Å². The Morgan fingerprint density at radius 1 is 0.714 bits per heavy atom. The molecule has 0 heterocycles. The fraction of sp³-hybridized carbons (Fsp3) is 1.00. The maximum atomic E-state index is 12.2. The van der Waals surface area contributed by atoms with Crippen LogP contribution in [0.5, 0.6) is 0 Å². The third-order valence-electron chi connectivity index (χ3n) is 2.89. The molecule has 0 radical (unpaired) electrons. The molecule has 0 aliphatic rings. The molecule has 0 aliphatic carbocycles. The summed E-state index contributed by atoms with van der Waals surface area (Å²) in [5, 5.41) is 10.2. The molecule has 2 unspecified atom stereocenters. The molecule has 0 aliphatic heterocycles. The van der Waals surface area contributed by atoms with E-state index >= 15 is 0 Å². The van der Waals surface area contributed by atoms with Crippen LogP contribution in [0, 0.1) is 0 Å². The lowest BCUT2D eigenvalue weighted by molar-refractivity contribution is -0.129. The molecule has 0 saturated carbocycles. The van der Waals surface area contributed by atoms with E-state index in [1.165, 1.54) is 0 Å². The zero-order chi connectivity index (χ0) is 22.8. The molecule has 0 fully saturated rings. The summed E-state index contributed by atoms with van der Waals surface area (Å²) < 4.78 is 126. The molecule has 2 atom stereocenters. The zero-order valence-corrected chi connectivity index (χ0v) is 16.5. The van der Waals surface area contributed by atoms with E-state index in [9.17, 15) is 43.2 Å². The van der Waals surface area contributed by atoms with Crippen molar-refractivity contribution >= 4 is 20.2 Å². The van der Waals surface area contributed by atoms with Crippen LogP contribution in [0.4, 0.5) is 26.3 Å². The van der Waals surface area contributed by atoms with Gasteiger partial charge in [0.25, 0.3) is 20.2 Å².